The Labute approximate surface area is 125 Å². The van der Waals surface area contributed by atoms with E-state index in [0.29, 0.717) is 25.1 Å². The first-order valence-corrected chi connectivity index (χ1v) is 8.27. The predicted molar refractivity (Wildman–Crippen MR) is 81.6 cm³/mol. The first-order valence-electron chi connectivity index (χ1n) is 7.12. The largest absolute Gasteiger partial charge is 0.481 e. The zero-order valence-electron chi connectivity index (χ0n) is 11.8. The number of carbonyl (C=O) groups is 2. The summed E-state index contributed by atoms with van der Waals surface area (Å²) in [6.07, 6.45) is 10.4. The molecule has 1 fully saturated rings. The maximum atomic E-state index is 11.9. The number of amides is 1. The van der Waals surface area contributed by atoms with Crippen molar-refractivity contribution in [3.8, 4) is 12.3 Å². The molecule has 0 unspecified atom stereocenters. The highest BCUT2D eigenvalue weighted by molar-refractivity contribution is 7.99. The molecule has 0 bridgehead atoms. The van der Waals surface area contributed by atoms with Gasteiger partial charge in [0.05, 0.1) is 11.2 Å². The third-order valence-electron chi connectivity index (χ3n) is 3.77. The van der Waals surface area contributed by atoms with Crippen molar-refractivity contribution in [1.29, 1.82) is 0 Å². The van der Waals surface area contributed by atoms with Crippen molar-refractivity contribution in [3.05, 3.63) is 0 Å². The molecule has 4 nitrogen and oxygen atoms in total. The van der Waals surface area contributed by atoms with E-state index >= 15 is 0 Å². The highest BCUT2D eigenvalue weighted by Crippen LogP contribution is 2.38. The van der Waals surface area contributed by atoms with E-state index < -0.39 is 11.4 Å². The fourth-order valence-electron chi connectivity index (χ4n) is 2.64. The average Bonchev–Trinajstić information content (AvgIpc) is 2.65. The van der Waals surface area contributed by atoms with Gasteiger partial charge in [0, 0.05) is 18.7 Å². The van der Waals surface area contributed by atoms with Crippen molar-refractivity contribution in [3.63, 3.8) is 0 Å². The Hall–Kier alpha value is -1.15. The minimum absolute atomic E-state index is 0.0993. The number of hydrogen-bond donors (Lipinski definition) is 2. The summed E-state index contributed by atoms with van der Waals surface area (Å²) < 4.78 is 0. The van der Waals surface area contributed by atoms with Gasteiger partial charge < -0.3 is 10.4 Å². The van der Waals surface area contributed by atoms with Crippen LogP contribution < -0.4 is 5.32 Å². The number of carbonyl (C=O) groups excluding carboxylic acids is 1. The van der Waals surface area contributed by atoms with E-state index in [4.69, 9.17) is 6.42 Å². The Balaban J connectivity index is 2.43. The molecule has 0 aromatic carbocycles. The molecule has 0 aliphatic heterocycles. The molecule has 0 heterocycles. The fourth-order valence-corrected chi connectivity index (χ4v) is 3.14. The summed E-state index contributed by atoms with van der Waals surface area (Å²) >= 11 is 1.58. The zero-order chi connectivity index (χ0) is 14.8. The SMILES string of the molecule is C#CCSCCNC(=O)CC1(C(=O)O)CCCCCC1. The normalized spacial score (nSPS) is 17.8. The average molecular weight is 297 g/mol. The lowest BCUT2D eigenvalue weighted by molar-refractivity contribution is -0.152. The number of aliphatic carboxylic acids is 1. The van der Waals surface area contributed by atoms with Crippen LogP contribution in [-0.2, 0) is 9.59 Å². The number of nitrogens with one attached hydrogen (secondary N) is 1. The zero-order valence-corrected chi connectivity index (χ0v) is 12.6. The number of terminal acetylenes is 1. The van der Waals surface area contributed by atoms with Gasteiger partial charge in [-0.1, -0.05) is 31.6 Å². The fraction of sp³-hybridized carbons (Fsp3) is 0.733. The van der Waals surface area contributed by atoms with Crippen LogP contribution in [0.2, 0.25) is 0 Å². The van der Waals surface area contributed by atoms with E-state index in [-0.39, 0.29) is 12.3 Å². The van der Waals surface area contributed by atoms with Crippen molar-refractivity contribution < 1.29 is 14.7 Å². The third kappa shape index (κ3) is 5.46. The van der Waals surface area contributed by atoms with Crippen molar-refractivity contribution in [2.75, 3.05) is 18.1 Å². The highest BCUT2D eigenvalue weighted by Gasteiger charge is 2.40. The minimum Gasteiger partial charge on any atom is -0.481 e. The van der Waals surface area contributed by atoms with E-state index in [9.17, 15) is 14.7 Å². The van der Waals surface area contributed by atoms with Crippen molar-refractivity contribution in [2.45, 2.75) is 44.9 Å². The van der Waals surface area contributed by atoms with Gasteiger partial charge >= 0.3 is 5.97 Å². The van der Waals surface area contributed by atoms with Crippen LogP contribution in [0.4, 0.5) is 0 Å². The molecule has 0 saturated heterocycles. The number of hydrogen-bond acceptors (Lipinski definition) is 3. The lowest BCUT2D eigenvalue weighted by Crippen LogP contribution is -2.38. The minimum atomic E-state index is -0.855. The van der Waals surface area contributed by atoms with Gasteiger partial charge in [-0.05, 0) is 12.8 Å². The molecule has 5 heteroatoms. The van der Waals surface area contributed by atoms with Crippen molar-refractivity contribution in [2.24, 2.45) is 5.41 Å². The van der Waals surface area contributed by atoms with E-state index in [1.807, 2.05) is 0 Å². The summed E-state index contributed by atoms with van der Waals surface area (Å²) in [6, 6.07) is 0. The summed E-state index contributed by atoms with van der Waals surface area (Å²) in [7, 11) is 0. The van der Waals surface area contributed by atoms with Gasteiger partial charge in [0.2, 0.25) is 5.91 Å². The molecule has 1 saturated carbocycles. The maximum Gasteiger partial charge on any atom is 0.310 e. The number of rotatable bonds is 7. The molecule has 1 amide bonds. The molecule has 0 atom stereocenters. The summed E-state index contributed by atoms with van der Waals surface area (Å²) in [5.74, 6) is 2.94. The third-order valence-corrected chi connectivity index (χ3v) is 4.63. The van der Waals surface area contributed by atoms with E-state index in [0.717, 1.165) is 31.4 Å². The second-order valence-corrected chi connectivity index (χ2v) is 6.39. The second kappa shape index (κ2) is 8.91. The topological polar surface area (TPSA) is 66.4 Å². The molecule has 112 valence electrons. The summed E-state index contributed by atoms with van der Waals surface area (Å²) in [6.45, 7) is 0.543. The molecule has 1 aliphatic carbocycles. The molecule has 1 aliphatic rings. The summed E-state index contributed by atoms with van der Waals surface area (Å²) in [5, 5.41) is 12.3. The monoisotopic (exact) mass is 297 g/mol. The second-order valence-electron chi connectivity index (χ2n) is 5.28. The lowest BCUT2D eigenvalue weighted by Gasteiger charge is -2.27. The van der Waals surface area contributed by atoms with Crippen LogP contribution in [0.1, 0.15) is 44.9 Å². The summed E-state index contributed by atoms with van der Waals surface area (Å²) in [5.41, 5.74) is -0.855. The van der Waals surface area contributed by atoms with E-state index in [2.05, 4.69) is 11.2 Å². The number of carboxylic acid groups (broad SMARTS) is 1. The summed E-state index contributed by atoms with van der Waals surface area (Å²) in [4.78, 5) is 23.5. The highest BCUT2D eigenvalue weighted by atomic mass is 32.2. The van der Waals surface area contributed by atoms with Gasteiger partial charge in [-0.15, -0.1) is 18.2 Å². The Morgan fingerprint density at radius 3 is 2.45 bits per heavy atom. The quantitative estimate of drug-likeness (QED) is 0.430. The van der Waals surface area contributed by atoms with Crippen molar-refractivity contribution in [1.82, 2.24) is 5.32 Å². The van der Waals surface area contributed by atoms with Crippen LogP contribution in [0, 0.1) is 17.8 Å². The molecular formula is C15H23NO3S. The number of carboxylic acids is 1. The first kappa shape index (κ1) is 16.9. The maximum absolute atomic E-state index is 11.9. The standard InChI is InChI=1S/C15H23NO3S/c1-2-10-20-11-9-16-13(17)12-15(14(18)19)7-5-3-4-6-8-15/h1H,3-12H2,(H,16,17)(H,18,19). The molecular weight excluding hydrogens is 274 g/mol. The van der Waals surface area contributed by atoms with Crippen LogP contribution in [0.15, 0.2) is 0 Å². The van der Waals surface area contributed by atoms with Crippen LogP contribution in [0.3, 0.4) is 0 Å². The van der Waals surface area contributed by atoms with Crippen LogP contribution in [-0.4, -0.2) is 35.0 Å². The Morgan fingerprint density at radius 1 is 1.25 bits per heavy atom. The van der Waals surface area contributed by atoms with Crippen LogP contribution >= 0.6 is 11.8 Å². The van der Waals surface area contributed by atoms with Gasteiger partial charge in [-0.25, -0.2) is 0 Å². The molecule has 2 N–H and O–H groups in total. The van der Waals surface area contributed by atoms with Gasteiger partial charge in [-0.3, -0.25) is 9.59 Å². The molecule has 0 aromatic rings. The van der Waals surface area contributed by atoms with Gasteiger partial charge in [0.1, 0.15) is 0 Å². The molecule has 0 radical (unpaired) electrons. The Morgan fingerprint density at radius 2 is 1.90 bits per heavy atom. The first-order chi connectivity index (χ1) is 9.60. The van der Waals surface area contributed by atoms with E-state index in [1.165, 1.54) is 0 Å². The van der Waals surface area contributed by atoms with Crippen LogP contribution in [0.25, 0.3) is 0 Å². The van der Waals surface area contributed by atoms with Gasteiger partial charge in [0.25, 0.3) is 0 Å². The smallest absolute Gasteiger partial charge is 0.310 e. The Kier molecular flexibility index (Phi) is 7.53. The molecule has 0 spiro atoms. The molecule has 0 aromatic heterocycles. The Bertz CT molecular complexity index is 368. The molecule has 1 rings (SSSR count). The van der Waals surface area contributed by atoms with Gasteiger partial charge in [-0.2, -0.15) is 0 Å². The van der Waals surface area contributed by atoms with E-state index in [1.54, 1.807) is 11.8 Å². The van der Waals surface area contributed by atoms with Crippen LogP contribution in [0.5, 0.6) is 0 Å². The molecule has 20 heavy (non-hydrogen) atoms. The lowest BCUT2D eigenvalue weighted by atomic mass is 9.77. The van der Waals surface area contributed by atoms with Gasteiger partial charge in [0.15, 0.2) is 0 Å². The predicted octanol–water partition coefficient (Wildman–Crippen LogP) is 2.28. The number of thioether (sulfide) groups is 1. The van der Waals surface area contributed by atoms with Crippen molar-refractivity contribution >= 4 is 23.6 Å².